The van der Waals surface area contributed by atoms with Crippen LogP contribution in [0.5, 0.6) is 0 Å². The molecule has 0 radical (unpaired) electrons. The van der Waals surface area contributed by atoms with Gasteiger partial charge in [0.1, 0.15) is 0 Å². The van der Waals surface area contributed by atoms with E-state index in [9.17, 15) is 0 Å². The van der Waals surface area contributed by atoms with Gasteiger partial charge in [0.25, 0.3) is 0 Å². The molecule has 1 aliphatic heterocycles. The monoisotopic (exact) mass is 263 g/mol. The molecule has 0 unspecified atom stereocenters. The first-order valence-corrected chi connectivity index (χ1v) is 7.03. The summed E-state index contributed by atoms with van der Waals surface area (Å²) in [6, 6.07) is 8.81. The van der Waals surface area contributed by atoms with Crippen LogP contribution in [0.1, 0.15) is 5.56 Å². The zero-order chi connectivity index (χ0) is 10.3. The third kappa shape index (κ3) is 1.59. The van der Waals surface area contributed by atoms with Crippen LogP contribution in [-0.4, -0.2) is 39.5 Å². The first-order chi connectivity index (χ1) is 7.34. The van der Waals surface area contributed by atoms with Crippen LogP contribution >= 0.6 is 0 Å². The molecular formula is C13H13NSe. The molecule has 0 saturated carbocycles. The topological polar surface area (TPSA) is 3.24 Å². The Balaban J connectivity index is 2.12. The van der Waals surface area contributed by atoms with Gasteiger partial charge in [0.15, 0.2) is 0 Å². The Hall–Kier alpha value is -0.821. The summed E-state index contributed by atoms with van der Waals surface area (Å²) in [6.07, 6.45) is 2.37. The van der Waals surface area contributed by atoms with Gasteiger partial charge in [-0.3, -0.25) is 0 Å². The third-order valence-corrected chi connectivity index (χ3v) is 4.94. The number of hydrogen-bond acceptors (Lipinski definition) is 1. The van der Waals surface area contributed by atoms with Crippen molar-refractivity contribution in [1.82, 2.24) is 4.90 Å². The number of benzene rings is 1. The van der Waals surface area contributed by atoms with E-state index in [4.69, 9.17) is 0 Å². The average Bonchev–Trinajstić information content (AvgIpc) is 2.83. The van der Waals surface area contributed by atoms with Gasteiger partial charge in [-0.25, -0.2) is 0 Å². The van der Waals surface area contributed by atoms with E-state index >= 15 is 0 Å². The molecule has 0 bridgehead atoms. The van der Waals surface area contributed by atoms with Gasteiger partial charge in [-0.2, -0.15) is 0 Å². The van der Waals surface area contributed by atoms with Gasteiger partial charge >= 0.3 is 95.6 Å². The number of rotatable bonds is 1. The van der Waals surface area contributed by atoms with Gasteiger partial charge < -0.3 is 0 Å². The maximum atomic E-state index is 2.43. The summed E-state index contributed by atoms with van der Waals surface area (Å²) in [4.78, 5) is 4.78. The predicted molar refractivity (Wildman–Crippen MR) is 66.4 cm³/mol. The molecule has 2 heterocycles. The number of fused-ring (bicyclic) bond motifs is 1. The zero-order valence-electron chi connectivity index (χ0n) is 8.73. The second-order valence-corrected chi connectivity index (χ2v) is 5.98. The van der Waals surface area contributed by atoms with Crippen LogP contribution in [0, 0.1) is 0 Å². The van der Waals surface area contributed by atoms with Crippen LogP contribution in [0.15, 0.2) is 35.3 Å². The molecule has 0 fully saturated rings. The predicted octanol–water partition coefficient (Wildman–Crippen LogP) is 2.23. The maximum absolute atomic E-state index is 2.43. The Bertz CT molecular complexity index is 524. The van der Waals surface area contributed by atoms with Crippen molar-refractivity contribution in [3.8, 4) is 0 Å². The fraction of sp³-hybridized carbons (Fsp3) is 0.231. The molecule has 1 aliphatic rings. The number of likely N-dealkylation sites (N-methyl/N-ethyl adjacent to an activating group) is 1. The average molecular weight is 262 g/mol. The molecule has 76 valence electrons. The summed E-state index contributed by atoms with van der Waals surface area (Å²) in [5, 5.41) is 1.47. The second-order valence-electron chi connectivity index (χ2n) is 4.07. The summed E-state index contributed by atoms with van der Waals surface area (Å²) in [5.74, 6) is 0. The van der Waals surface area contributed by atoms with E-state index in [1.165, 1.54) is 20.8 Å². The van der Waals surface area contributed by atoms with Gasteiger partial charge in [-0.1, -0.05) is 0 Å². The molecule has 1 aromatic carbocycles. The van der Waals surface area contributed by atoms with E-state index in [1.54, 1.807) is 0 Å². The fourth-order valence-corrected chi connectivity index (χ4v) is 4.17. The molecule has 2 heteroatoms. The van der Waals surface area contributed by atoms with Crippen molar-refractivity contribution in [2.24, 2.45) is 0 Å². The molecule has 0 amide bonds. The van der Waals surface area contributed by atoms with E-state index in [0.29, 0.717) is 14.5 Å². The second kappa shape index (κ2) is 3.64. The van der Waals surface area contributed by atoms with Gasteiger partial charge in [0.2, 0.25) is 0 Å². The van der Waals surface area contributed by atoms with Gasteiger partial charge in [0.05, 0.1) is 0 Å². The summed E-state index contributed by atoms with van der Waals surface area (Å²) in [7, 11) is 2.18. The van der Waals surface area contributed by atoms with Crippen LogP contribution in [0.25, 0.3) is 15.2 Å². The summed E-state index contributed by atoms with van der Waals surface area (Å²) in [6.45, 7) is 2.21. The minimum absolute atomic E-state index is 0.550. The molecule has 0 atom stereocenters. The molecule has 0 N–H and O–H groups in total. The Labute approximate surface area is 95.8 Å². The molecule has 15 heavy (non-hydrogen) atoms. The zero-order valence-corrected chi connectivity index (χ0v) is 10.4. The Morgan fingerprint density at radius 2 is 2.13 bits per heavy atom. The van der Waals surface area contributed by atoms with Gasteiger partial charge in [-0.15, -0.1) is 0 Å². The summed E-state index contributed by atoms with van der Waals surface area (Å²) in [5.41, 5.74) is 3.01. The van der Waals surface area contributed by atoms with Crippen molar-refractivity contribution < 1.29 is 0 Å². The van der Waals surface area contributed by atoms with Crippen molar-refractivity contribution in [3.05, 3.63) is 40.8 Å². The number of hydrogen-bond donors (Lipinski definition) is 0. The van der Waals surface area contributed by atoms with Crippen LogP contribution in [-0.2, 0) is 0 Å². The Morgan fingerprint density at radius 1 is 1.27 bits per heavy atom. The fourth-order valence-electron chi connectivity index (χ4n) is 2.11. The van der Waals surface area contributed by atoms with Crippen molar-refractivity contribution in [2.75, 3.05) is 20.1 Å². The quantitative estimate of drug-likeness (QED) is 0.712. The number of nitrogens with zero attached hydrogens (tertiary/aromatic N) is 1. The Morgan fingerprint density at radius 3 is 2.93 bits per heavy atom. The SMILES string of the molecule is CN1CC=C(c2c[se]c3ccccc23)C1. The van der Waals surface area contributed by atoms with Crippen molar-refractivity contribution >= 4 is 29.7 Å². The van der Waals surface area contributed by atoms with Crippen LogP contribution in [0.2, 0.25) is 0 Å². The van der Waals surface area contributed by atoms with E-state index < -0.39 is 0 Å². The standard InChI is InChI=1S/C13H13NSe/c1-14-7-6-10(8-14)12-9-15-13-5-3-2-4-11(12)13/h2-6,9H,7-8H2,1H3. The van der Waals surface area contributed by atoms with E-state index in [1.807, 2.05) is 0 Å². The summed E-state index contributed by atoms with van der Waals surface area (Å²) >= 11 is 0.550. The van der Waals surface area contributed by atoms with Gasteiger partial charge in [-0.05, 0) is 0 Å². The van der Waals surface area contributed by atoms with E-state index in [2.05, 4.69) is 47.2 Å². The minimum atomic E-state index is 0.550. The van der Waals surface area contributed by atoms with Crippen molar-refractivity contribution in [3.63, 3.8) is 0 Å². The van der Waals surface area contributed by atoms with Crippen LogP contribution < -0.4 is 0 Å². The van der Waals surface area contributed by atoms with E-state index in [-0.39, 0.29) is 0 Å². The van der Waals surface area contributed by atoms with E-state index in [0.717, 1.165) is 13.1 Å². The Kier molecular flexibility index (Phi) is 2.28. The molecule has 1 aromatic heterocycles. The van der Waals surface area contributed by atoms with Crippen molar-refractivity contribution in [2.45, 2.75) is 0 Å². The van der Waals surface area contributed by atoms with Crippen LogP contribution in [0.4, 0.5) is 0 Å². The molecule has 2 aromatic rings. The molecule has 3 rings (SSSR count). The summed E-state index contributed by atoms with van der Waals surface area (Å²) < 4.78 is 1.54. The first-order valence-electron chi connectivity index (χ1n) is 5.19. The molecule has 1 nitrogen and oxygen atoms in total. The normalized spacial score (nSPS) is 17.3. The van der Waals surface area contributed by atoms with Gasteiger partial charge in [0, 0.05) is 0 Å². The molecule has 0 saturated heterocycles. The van der Waals surface area contributed by atoms with Crippen molar-refractivity contribution in [1.29, 1.82) is 0 Å². The molecule has 0 aliphatic carbocycles. The molecular weight excluding hydrogens is 249 g/mol. The molecule has 0 spiro atoms. The van der Waals surface area contributed by atoms with Crippen LogP contribution in [0.3, 0.4) is 0 Å². The first kappa shape index (κ1) is 9.41. The third-order valence-electron chi connectivity index (χ3n) is 2.92.